The molecule has 0 aliphatic carbocycles. The zero-order valence-electron chi connectivity index (χ0n) is 7.67. The van der Waals surface area contributed by atoms with Crippen LogP contribution < -0.4 is 4.74 Å². The Bertz CT molecular complexity index is 341. The van der Waals surface area contributed by atoms with Gasteiger partial charge in [0.1, 0.15) is 5.75 Å². The largest absolute Gasteiger partial charge is 0.573 e. The van der Waals surface area contributed by atoms with Crippen molar-refractivity contribution in [2.75, 3.05) is 0 Å². The summed E-state index contributed by atoms with van der Waals surface area (Å²) in [5.41, 5.74) is 0.319. The lowest BCUT2D eigenvalue weighted by Crippen LogP contribution is -2.17. The zero-order chi connectivity index (χ0) is 11.5. The van der Waals surface area contributed by atoms with Crippen LogP contribution in [0.25, 0.3) is 0 Å². The molecule has 15 heavy (non-hydrogen) atoms. The van der Waals surface area contributed by atoms with Gasteiger partial charge in [0.05, 0.1) is 0 Å². The molecule has 0 aliphatic rings. The van der Waals surface area contributed by atoms with E-state index in [1.807, 2.05) is 0 Å². The number of carbonyl (C=O) groups excluding carboxylic acids is 1. The van der Waals surface area contributed by atoms with Crippen LogP contribution in [-0.2, 0) is 0 Å². The molecule has 0 N–H and O–H groups in total. The second-order valence-electron chi connectivity index (χ2n) is 2.75. The first-order valence-corrected chi connectivity index (χ1v) is 4.10. The van der Waals surface area contributed by atoms with Crippen LogP contribution in [0.5, 0.6) is 5.75 Å². The van der Waals surface area contributed by atoms with Gasteiger partial charge in [0.25, 0.3) is 0 Å². The highest BCUT2D eigenvalue weighted by atomic mass is 19.4. The van der Waals surface area contributed by atoms with Crippen molar-refractivity contribution in [1.29, 1.82) is 0 Å². The summed E-state index contributed by atoms with van der Waals surface area (Å²) in [5, 5.41) is 0. The van der Waals surface area contributed by atoms with Gasteiger partial charge in [-0.2, -0.15) is 0 Å². The van der Waals surface area contributed by atoms with Gasteiger partial charge in [0, 0.05) is 12.0 Å². The molecule has 2 nitrogen and oxygen atoms in total. The van der Waals surface area contributed by atoms with Gasteiger partial charge in [0.15, 0.2) is 5.78 Å². The molecule has 0 aromatic heterocycles. The van der Waals surface area contributed by atoms with E-state index in [0.717, 1.165) is 12.1 Å². The molecule has 1 aromatic rings. The lowest BCUT2D eigenvalue weighted by molar-refractivity contribution is -0.274. The van der Waals surface area contributed by atoms with E-state index in [9.17, 15) is 18.0 Å². The van der Waals surface area contributed by atoms with Gasteiger partial charge >= 0.3 is 6.36 Å². The van der Waals surface area contributed by atoms with Crippen LogP contribution in [-0.4, -0.2) is 12.1 Å². The van der Waals surface area contributed by atoms with Gasteiger partial charge in [-0.15, -0.1) is 13.2 Å². The number of Topliss-reactive ketones (excluding diaryl/α,β-unsaturated/α-hetero) is 1. The van der Waals surface area contributed by atoms with E-state index < -0.39 is 6.36 Å². The second-order valence-corrected chi connectivity index (χ2v) is 2.75. The van der Waals surface area contributed by atoms with Gasteiger partial charge in [-0.05, 0) is 31.2 Å². The van der Waals surface area contributed by atoms with E-state index in [0.29, 0.717) is 5.56 Å². The summed E-state index contributed by atoms with van der Waals surface area (Å²) in [6.45, 7) is 3.38. The molecule has 0 bridgehead atoms. The third kappa shape index (κ3) is 3.61. The van der Waals surface area contributed by atoms with Gasteiger partial charge in [0.2, 0.25) is 0 Å². The maximum absolute atomic E-state index is 11.8. The lowest BCUT2D eigenvalue weighted by Gasteiger charge is -2.08. The highest BCUT2D eigenvalue weighted by molar-refractivity contribution is 5.96. The Hall–Kier alpha value is -1.52. The first kappa shape index (κ1) is 11.6. The van der Waals surface area contributed by atoms with E-state index in [1.54, 1.807) is 0 Å². The summed E-state index contributed by atoms with van der Waals surface area (Å²) in [4.78, 5) is 11.1. The van der Waals surface area contributed by atoms with Crippen LogP contribution in [0.1, 0.15) is 16.8 Å². The van der Waals surface area contributed by atoms with Crippen molar-refractivity contribution in [2.24, 2.45) is 0 Å². The summed E-state index contributed by atoms with van der Waals surface area (Å²) in [7, 11) is 0. The Morgan fingerprint density at radius 1 is 1.27 bits per heavy atom. The number of carbonyl (C=O) groups is 1. The average molecular weight is 217 g/mol. The molecule has 0 atom stereocenters. The summed E-state index contributed by atoms with van der Waals surface area (Å²) < 4.78 is 38.9. The number of hydrogen-bond donors (Lipinski definition) is 0. The molecule has 0 fully saturated rings. The normalized spacial score (nSPS) is 11.2. The summed E-state index contributed by atoms with van der Waals surface area (Å²) in [6, 6.07) is 4.73. The standard InChI is InChI=1S/C10H8F3O2/c1-2-9(14)7-3-5-8(6-4-7)15-10(11,12)13/h3-6H,1-2H2. The molecular weight excluding hydrogens is 209 g/mol. The molecule has 81 valence electrons. The van der Waals surface area contributed by atoms with Crippen molar-refractivity contribution in [3.05, 3.63) is 36.8 Å². The zero-order valence-corrected chi connectivity index (χ0v) is 7.67. The quantitative estimate of drug-likeness (QED) is 0.727. The Morgan fingerprint density at radius 3 is 2.20 bits per heavy atom. The molecule has 1 rings (SSSR count). The fourth-order valence-electron chi connectivity index (χ4n) is 0.987. The SMILES string of the molecule is [CH2]CC(=O)c1ccc(OC(F)(F)F)cc1. The number of ketones is 1. The van der Waals surface area contributed by atoms with Gasteiger partial charge < -0.3 is 4.74 Å². The number of rotatable bonds is 3. The van der Waals surface area contributed by atoms with Crippen LogP contribution in [0.15, 0.2) is 24.3 Å². The Balaban J connectivity index is 2.77. The number of hydrogen-bond acceptors (Lipinski definition) is 2. The van der Waals surface area contributed by atoms with Gasteiger partial charge in [-0.1, -0.05) is 0 Å². The molecule has 0 spiro atoms. The summed E-state index contributed by atoms with van der Waals surface area (Å²) >= 11 is 0. The molecule has 0 unspecified atom stereocenters. The van der Waals surface area contributed by atoms with Gasteiger partial charge in [-0.3, -0.25) is 4.79 Å². The molecule has 0 aliphatic heterocycles. The van der Waals surface area contributed by atoms with Crippen LogP contribution >= 0.6 is 0 Å². The number of halogens is 3. The second kappa shape index (κ2) is 4.33. The van der Waals surface area contributed by atoms with Crippen LogP contribution in [0.4, 0.5) is 13.2 Å². The molecule has 0 amide bonds. The third-order valence-electron chi connectivity index (χ3n) is 1.64. The number of benzene rings is 1. The minimum atomic E-state index is -4.71. The fraction of sp³-hybridized carbons (Fsp3) is 0.200. The van der Waals surface area contributed by atoms with Crippen molar-refractivity contribution >= 4 is 5.78 Å². The minimum absolute atomic E-state index is 0.0689. The highest BCUT2D eigenvalue weighted by Gasteiger charge is 2.30. The molecule has 0 saturated heterocycles. The molecule has 1 aromatic carbocycles. The van der Waals surface area contributed by atoms with Crippen LogP contribution in [0.2, 0.25) is 0 Å². The molecule has 0 heterocycles. The van der Waals surface area contributed by atoms with E-state index >= 15 is 0 Å². The van der Waals surface area contributed by atoms with E-state index in [2.05, 4.69) is 11.7 Å². The number of alkyl halides is 3. The third-order valence-corrected chi connectivity index (χ3v) is 1.64. The average Bonchev–Trinajstić information content (AvgIpc) is 2.15. The van der Waals surface area contributed by atoms with Crippen LogP contribution in [0.3, 0.4) is 0 Å². The first-order valence-electron chi connectivity index (χ1n) is 4.10. The fourth-order valence-corrected chi connectivity index (χ4v) is 0.987. The van der Waals surface area contributed by atoms with Crippen LogP contribution in [0, 0.1) is 6.92 Å². The molecule has 5 heteroatoms. The molecular formula is C10H8F3O2. The van der Waals surface area contributed by atoms with Crippen molar-refractivity contribution in [3.63, 3.8) is 0 Å². The Morgan fingerprint density at radius 2 is 1.80 bits per heavy atom. The Labute approximate surface area is 84.7 Å². The summed E-state index contributed by atoms with van der Waals surface area (Å²) in [6.07, 6.45) is -4.64. The van der Waals surface area contributed by atoms with Crippen molar-refractivity contribution in [2.45, 2.75) is 12.8 Å². The maximum atomic E-state index is 11.8. The topological polar surface area (TPSA) is 26.3 Å². The lowest BCUT2D eigenvalue weighted by atomic mass is 10.1. The Kier molecular flexibility index (Phi) is 3.34. The smallest absolute Gasteiger partial charge is 0.406 e. The maximum Gasteiger partial charge on any atom is 0.573 e. The highest BCUT2D eigenvalue weighted by Crippen LogP contribution is 2.22. The first-order chi connectivity index (χ1) is 6.92. The van der Waals surface area contributed by atoms with E-state index in [-0.39, 0.29) is 18.0 Å². The van der Waals surface area contributed by atoms with Gasteiger partial charge in [-0.25, -0.2) is 0 Å². The predicted molar refractivity (Wildman–Crippen MR) is 47.4 cm³/mol. The monoisotopic (exact) mass is 217 g/mol. The number of ether oxygens (including phenoxy) is 1. The molecule has 1 radical (unpaired) electrons. The summed E-state index contributed by atoms with van der Waals surface area (Å²) in [5.74, 6) is -0.573. The van der Waals surface area contributed by atoms with Crippen molar-refractivity contribution in [1.82, 2.24) is 0 Å². The molecule has 0 saturated carbocycles. The van der Waals surface area contributed by atoms with Crippen molar-refractivity contribution in [3.8, 4) is 5.75 Å². The predicted octanol–water partition coefficient (Wildman–Crippen LogP) is 2.99. The van der Waals surface area contributed by atoms with E-state index in [4.69, 9.17) is 0 Å². The van der Waals surface area contributed by atoms with E-state index in [1.165, 1.54) is 12.1 Å². The minimum Gasteiger partial charge on any atom is -0.406 e. The van der Waals surface area contributed by atoms with Crippen molar-refractivity contribution < 1.29 is 22.7 Å².